The Labute approximate surface area is 198 Å². The molecule has 0 radical (unpaired) electrons. The average Bonchev–Trinajstić information content (AvgIpc) is 2.87. The molecule has 0 aromatic heterocycles. The van der Waals surface area contributed by atoms with Crippen LogP contribution >= 0.6 is 0 Å². The lowest BCUT2D eigenvalue weighted by Gasteiger charge is -2.28. The van der Waals surface area contributed by atoms with Gasteiger partial charge in [0, 0.05) is 10.9 Å². The molecule has 0 aliphatic heterocycles. The van der Waals surface area contributed by atoms with Crippen molar-refractivity contribution < 1.29 is 4.39 Å². The van der Waals surface area contributed by atoms with Crippen LogP contribution in [0.5, 0.6) is 0 Å². The molecule has 0 heterocycles. The highest BCUT2D eigenvalue weighted by molar-refractivity contribution is 5.85. The summed E-state index contributed by atoms with van der Waals surface area (Å²) in [6.07, 6.45) is 13.4. The maximum atomic E-state index is 14.9. The van der Waals surface area contributed by atoms with Crippen LogP contribution in [0.4, 0.5) is 4.39 Å². The van der Waals surface area contributed by atoms with Crippen LogP contribution in [0, 0.1) is 29.5 Å². The van der Waals surface area contributed by atoms with Crippen LogP contribution in [0.3, 0.4) is 0 Å². The van der Waals surface area contributed by atoms with Crippen LogP contribution in [0.25, 0.3) is 10.8 Å². The highest BCUT2D eigenvalue weighted by Gasteiger charge is 2.20. The first kappa shape index (κ1) is 23.3. The zero-order chi connectivity index (χ0) is 23.0. The predicted octanol–water partition coefficient (Wildman–Crippen LogP) is 8.65. The molecule has 0 nitrogen and oxygen atoms in total. The van der Waals surface area contributed by atoms with Gasteiger partial charge >= 0.3 is 0 Å². The molecule has 0 saturated heterocycles. The van der Waals surface area contributed by atoms with Crippen molar-refractivity contribution in [1.82, 2.24) is 0 Å². The number of hydrogen-bond donors (Lipinski definition) is 0. The Morgan fingerprint density at radius 3 is 2.27 bits per heavy atom. The fraction of sp³-hybridized carbons (Fsp3) is 0.375. The molecule has 1 heteroatoms. The first-order chi connectivity index (χ1) is 16.2. The topological polar surface area (TPSA) is 0 Å². The number of hydrogen-bond acceptors (Lipinski definition) is 0. The summed E-state index contributed by atoms with van der Waals surface area (Å²) in [6.45, 7) is 5.96. The van der Waals surface area contributed by atoms with Gasteiger partial charge in [0.15, 0.2) is 0 Å². The molecule has 1 aliphatic carbocycles. The van der Waals surface area contributed by atoms with Crippen molar-refractivity contribution in [1.29, 1.82) is 0 Å². The SMILES string of the molecule is C=CCCC1CCC(CCc2ccc(C#Cc3ccc4cc(CC)ccc4c3F)cc2)CC1. The van der Waals surface area contributed by atoms with E-state index in [1.807, 2.05) is 18.2 Å². The van der Waals surface area contributed by atoms with Crippen LogP contribution in [0.15, 0.2) is 67.3 Å². The van der Waals surface area contributed by atoms with Crippen LogP contribution in [0.1, 0.15) is 74.1 Å². The number of fused-ring (bicyclic) bond motifs is 1. The van der Waals surface area contributed by atoms with Gasteiger partial charge in [-0.2, -0.15) is 0 Å². The summed E-state index contributed by atoms with van der Waals surface area (Å²) >= 11 is 0. The zero-order valence-electron chi connectivity index (χ0n) is 19.9. The summed E-state index contributed by atoms with van der Waals surface area (Å²) < 4.78 is 14.9. The number of halogens is 1. The van der Waals surface area contributed by atoms with E-state index in [0.717, 1.165) is 42.0 Å². The number of rotatable bonds is 7. The standard InChI is InChI=1S/C32H35F/c1-3-5-6-25-7-9-26(10-8-25)11-12-27-13-15-28(16-14-27)17-19-29-20-21-30-23-24(4-2)18-22-31(30)32(29)33/h3,13-16,18,20-23,25-26H,1,4-12H2,2H3. The van der Waals surface area contributed by atoms with Crippen molar-refractivity contribution >= 4 is 10.8 Å². The average molecular weight is 439 g/mol. The molecule has 3 aromatic rings. The molecule has 0 unspecified atom stereocenters. The van der Waals surface area contributed by atoms with Gasteiger partial charge in [-0.05, 0) is 78.7 Å². The molecular weight excluding hydrogens is 403 g/mol. The molecular formula is C32H35F. The largest absolute Gasteiger partial charge is 0.205 e. The Balaban J connectivity index is 1.33. The molecule has 0 atom stereocenters. The van der Waals surface area contributed by atoms with E-state index in [1.54, 1.807) is 6.07 Å². The minimum atomic E-state index is -0.224. The van der Waals surface area contributed by atoms with Gasteiger partial charge in [-0.15, -0.1) is 6.58 Å². The monoisotopic (exact) mass is 438 g/mol. The first-order valence-corrected chi connectivity index (χ1v) is 12.6. The molecule has 1 saturated carbocycles. The molecule has 0 N–H and O–H groups in total. The second-order valence-corrected chi connectivity index (χ2v) is 9.57. The molecule has 0 bridgehead atoms. The summed E-state index contributed by atoms with van der Waals surface area (Å²) in [7, 11) is 0. The third-order valence-electron chi connectivity index (χ3n) is 7.31. The molecule has 4 rings (SSSR count). The second kappa shape index (κ2) is 11.3. The predicted molar refractivity (Wildman–Crippen MR) is 139 cm³/mol. The van der Waals surface area contributed by atoms with Crippen molar-refractivity contribution in [3.05, 3.63) is 95.3 Å². The maximum Gasteiger partial charge on any atom is 0.146 e. The third-order valence-corrected chi connectivity index (χ3v) is 7.31. The molecule has 170 valence electrons. The van der Waals surface area contributed by atoms with Gasteiger partial charge in [0.05, 0.1) is 5.56 Å². The van der Waals surface area contributed by atoms with E-state index in [0.29, 0.717) is 10.9 Å². The number of benzene rings is 3. The van der Waals surface area contributed by atoms with E-state index in [4.69, 9.17) is 0 Å². The quantitative estimate of drug-likeness (QED) is 0.256. The van der Waals surface area contributed by atoms with Crippen molar-refractivity contribution in [2.45, 2.75) is 64.7 Å². The zero-order valence-corrected chi connectivity index (χ0v) is 19.9. The van der Waals surface area contributed by atoms with Gasteiger partial charge in [0.2, 0.25) is 0 Å². The summed E-state index contributed by atoms with van der Waals surface area (Å²) in [5.41, 5.74) is 3.98. The smallest absolute Gasteiger partial charge is 0.146 e. The van der Waals surface area contributed by atoms with E-state index < -0.39 is 0 Å². The molecule has 33 heavy (non-hydrogen) atoms. The van der Waals surface area contributed by atoms with Gasteiger partial charge < -0.3 is 0 Å². The van der Waals surface area contributed by atoms with Crippen molar-refractivity contribution in [3.63, 3.8) is 0 Å². The summed E-state index contributed by atoms with van der Waals surface area (Å²) in [6, 6.07) is 18.2. The minimum absolute atomic E-state index is 0.224. The van der Waals surface area contributed by atoms with E-state index >= 15 is 0 Å². The first-order valence-electron chi connectivity index (χ1n) is 12.6. The fourth-order valence-corrected chi connectivity index (χ4v) is 5.09. The van der Waals surface area contributed by atoms with Crippen LogP contribution in [-0.4, -0.2) is 0 Å². The van der Waals surface area contributed by atoms with Crippen LogP contribution in [-0.2, 0) is 12.8 Å². The Morgan fingerprint density at radius 1 is 0.879 bits per heavy atom. The Kier molecular flexibility index (Phi) is 8.01. The lowest BCUT2D eigenvalue weighted by molar-refractivity contribution is 0.254. The summed E-state index contributed by atoms with van der Waals surface area (Å²) in [5.74, 6) is 7.75. The Hall–Kier alpha value is -2.85. The number of aryl methyl sites for hydroxylation is 2. The van der Waals surface area contributed by atoms with E-state index in [1.165, 1.54) is 49.7 Å². The Morgan fingerprint density at radius 2 is 1.58 bits per heavy atom. The van der Waals surface area contributed by atoms with E-state index in [2.05, 4.69) is 61.8 Å². The van der Waals surface area contributed by atoms with E-state index in [-0.39, 0.29) is 5.82 Å². The molecule has 0 amide bonds. The van der Waals surface area contributed by atoms with Crippen LogP contribution in [0.2, 0.25) is 0 Å². The fourth-order valence-electron chi connectivity index (χ4n) is 5.09. The molecule has 0 spiro atoms. The van der Waals surface area contributed by atoms with Gasteiger partial charge in [0.25, 0.3) is 0 Å². The van der Waals surface area contributed by atoms with E-state index in [9.17, 15) is 4.39 Å². The summed E-state index contributed by atoms with van der Waals surface area (Å²) in [4.78, 5) is 0. The third kappa shape index (κ3) is 6.14. The molecule has 3 aromatic carbocycles. The minimum Gasteiger partial charge on any atom is -0.205 e. The Bertz CT molecular complexity index is 1130. The second-order valence-electron chi connectivity index (χ2n) is 9.57. The highest BCUT2D eigenvalue weighted by atomic mass is 19.1. The summed E-state index contributed by atoms with van der Waals surface area (Å²) in [5, 5.41) is 1.58. The molecule has 1 aliphatic rings. The number of allylic oxidation sites excluding steroid dienone is 1. The van der Waals surface area contributed by atoms with Gasteiger partial charge in [-0.1, -0.05) is 86.9 Å². The van der Waals surface area contributed by atoms with Crippen molar-refractivity contribution in [2.24, 2.45) is 11.8 Å². The lowest BCUT2D eigenvalue weighted by atomic mass is 9.78. The van der Waals surface area contributed by atoms with Gasteiger partial charge in [-0.3, -0.25) is 0 Å². The van der Waals surface area contributed by atoms with Crippen molar-refractivity contribution in [2.75, 3.05) is 0 Å². The highest BCUT2D eigenvalue weighted by Crippen LogP contribution is 2.34. The van der Waals surface area contributed by atoms with Crippen molar-refractivity contribution in [3.8, 4) is 11.8 Å². The lowest BCUT2D eigenvalue weighted by Crippen LogP contribution is -2.15. The van der Waals surface area contributed by atoms with Gasteiger partial charge in [-0.25, -0.2) is 4.39 Å². The molecule has 1 fully saturated rings. The maximum absolute atomic E-state index is 14.9. The van der Waals surface area contributed by atoms with Gasteiger partial charge in [0.1, 0.15) is 5.82 Å². The normalized spacial score (nSPS) is 18.0. The van der Waals surface area contributed by atoms with Crippen LogP contribution < -0.4 is 0 Å².